The highest BCUT2D eigenvalue weighted by atomic mass is 35.5. The number of halogens is 1. The third-order valence-electron chi connectivity index (χ3n) is 2.94. The summed E-state index contributed by atoms with van der Waals surface area (Å²) in [5.74, 6) is -0.448. The molecule has 0 bridgehead atoms. The van der Waals surface area contributed by atoms with Gasteiger partial charge in [-0.05, 0) is 25.5 Å². The fourth-order valence-corrected chi connectivity index (χ4v) is 2.09. The van der Waals surface area contributed by atoms with Crippen LogP contribution in [0.1, 0.15) is 33.9 Å². The molecule has 0 saturated heterocycles. The Morgan fingerprint density at radius 2 is 2.05 bits per heavy atom. The molecule has 104 valence electrons. The Bertz CT molecular complexity index is 692. The van der Waals surface area contributed by atoms with Crippen molar-refractivity contribution in [2.45, 2.75) is 19.2 Å². The number of anilines is 1. The number of nitrogens with one attached hydrogen (secondary N) is 2. The van der Waals surface area contributed by atoms with Gasteiger partial charge in [0.15, 0.2) is 5.43 Å². The summed E-state index contributed by atoms with van der Waals surface area (Å²) in [5.41, 5.74) is 1.90. The number of benzene rings is 1. The van der Waals surface area contributed by atoms with Crippen molar-refractivity contribution in [1.82, 2.24) is 4.98 Å². The third kappa shape index (κ3) is 3.08. The zero-order valence-electron chi connectivity index (χ0n) is 11.2. The van der Waals surface area contributed by atoms with Gasteiger partial charge in [0, 0.05) is 23.6 Å². The van der Waals surface area contributed by atoms with E-state index in [1.807, 2.05) is 19.1 Å². The van der Waals surface area contributed by atoms with E-state index in [1.54, 1.807) is 19.1 Å². The number of hydrogen-bond donors (Lipinski definition) is 2. The van der Waals surface area contributed by atoms with Crippen LogP contribution >= 0.6 is 11.6 Å². The molecule has 1 atom stereocenters. The second-order valence-corrected chi connectivity index (χ2v) is 5.21. The minimum Gasteiger partial charge on any atom is -0.364 e. The lowest BCUT2D eigenvalue weighted by Gasteiger charge is -2.12. The van der Waals surface area contributed by atoms with Gasteiger partial charge < -0.3 is 10.3 Å². The summed E-state index contributed by atoms with van der Waals surface area (Å²) in [6, 6.07) is 8.65. The van der Waals surface area contributed by atoms with Crippen molar-refractivity contribution >= 4 is 23.2 Å². The highest BCUT2D eigenvalue weighted by Crippen LogP contribution is 2.27. The molecular weight excluding hydrogens is 276 g/mol. The lowest BCUT2D eigenvalue weighted by molar-refractivity contribution is 0.102. The van der Waals surface area contributed by atoms with Crippen LogP contribution in [0.2, 0.25) is 0 Å². The van der Waals surface area contributed by atoms with E-state index in [0.717, 1.165) is 5.56 Å². The number of pyridine rings is 1. The van der Waals surface area contributed by atoms with Crippen LogP contribution in [0.3, 0.4) is 0 Å². The molecule has 1 aromatic heterocycles. The summed E-state index contributed by atoms with van der Waals surface area (Å²) in [7, 11) is 0. The van der Waals surface area contributed by atoms with Gasteiger partial charge in [-0.15, -0.1) is 11.6 Å². The van der Waals surface area contributed by atoms with Crippen molar-refractivity contribution in [1.29, 1.82) is 0 Å². The smallest absolute Gasteiger partial charge is 0.261 e. The second-order valence-electron chi connectivity index (χ2n) is 4.55. The molecular formula is C15H15ClN2O2. The van der Waals surface area contributed by atoms with E-state index in [-0.39, 0.29) is 16.4 Å². The van der Waals surface area contributed by atoms with Crippen LogP contribution in [0.15, 0.2) is 41.3 Å². The Balaban J connectivity index is 2.31. The topological polar surface area (TPSA) is 62.0 Å². The largest absolute Gasteiger partial charge is 0.364 e. The van der Waals surface area contributed by atoms with Crippen LogP contribution in [0, 0.1) is 6.92 Å². The number of amides is 1. The number of rotatable bonds is 3. The number of H-pyrrole nitrogens is 1. The quantitative estimate of drug-likeness (QED) is 0.853. The van der Waals surface area contributed by atoms with Crippen LogP contribution in [-0.4, -0.2) is 10.9 Å². The molecule has 0 aliphatic rings. The lowest BCUT2D eigenvalue weighted by atomic mass is 10.1. The number of carbonyl (C=O) groups excluding carboxylic acids is 1. The van der Waals surface area contributed by atoms with E-state index >= 15 is 0 Å². The molecule has 0 aliphatic heterocycles. The van der Waals surface area contributed by atoms with E-state index < -0.39 is 5.91 Å². The van der Waals surface area contributed by atoms with Crippen molar-refractivity contribution in [3.63, 3.8) is 0 Å². The highest BCUT2D eigenvalue weighted by Gasteiger charge is 2.14. The minimum atomic E-state index is -0.448. The SMILES string of the molecule is Cc1cc(=O)c(C(=O)Nc2ccccc2C(C)Cl)c[nH]1. The summed E-state index contributed by atoms with van der Waals surface area (Å²) in [5, 5.41) is 2.49. The number of alkyl halides is 1. The van der Waals surface area contributed by atoms with Gasteiger partial charge in [-0.2, -0.15) is 0 Å². The van der Waals surface area contributed by atoms with E-state index in [0.29, 0.717) is 11.4 Å². The molecule has 2 aromatic rings. The van der Waals surface area contributed by atoms with Gasteiger partial charge in [-0.25, -0.2) is 0 Å². The first-order valence-electron chi connectivity index (χ1n) is 6.22. The standard InChI is InChI=1S/C15H15ClN2O2/c1-9-7-14(19)12(8-17-9)15(20)18-13-6-4-3-5-11(13)10(2)16/h3-8,10H,1-2H3,(H,17,19)(H,18,20). The molecule has 1 amide bonds. The van der Waals surface area contributed by atoms with Crippen molar-refractivity contribution in [2.24, 2.45) is 0 Å². The van der Waals surface area contributed by atoms with Gasteiger partial charge in [-0.1, -0.05) is 18.2 Å². The van der Waals surface area contributed by atoms with Crippen molar-refractivity contribution in [3.8, 4) is 0 Å². The molecule has 0 radical (unpaired) electrons. The number of carbonyl (C=O) groups is 1. The lowest BCUT2D eigenvalue weighted by Crippen LogP contribution is -2.22. The molecule has 1 unspecified atom stereocenters. The third-order valence-corrected chi connectivity index (χ3v) is 3.17. The van der Waals surface area contributed by atoms with E-state index in [9.17, 15) is 9.59 Å². The van der Waals surface area contributed by atoms with Crippen LogP contribution in [0.5, 0.6) is 0 Å². The van der Waals surface area contributed by atoms with E-state index in [4.69, 9.17) is 11.6 Å². The number of aryl methyl sites for hydroxylation is 1. The van der Waals surface area contributed by atoms with Gasteiger partial charge >= 0.3 is 0 Å². The van der Waals surface area contributed by atoms with Crippen molar-refractivity contribution in [3.05, 3.63) is 63.6 Å². The summed E-state index contributed by atoms with van der Waals surface area (Å²) in [4.78, 5) is 26.8. The maximum absolute atomic E-state index is 12.1. The predicted octanol–water partition coefficient (Wildman–Crippen LogP) is 3.24. The van der Waals surface area contributed by atoms with Crippen LogP contribution in [0.4, 0.5) is 5.69 Å². The van der Waals surface area contributed by atoms with Crippen LogP contribution < -0.4 is 10.7 Å². The van der Waals surface area contributed by atoms with Gasteiger partial charge in [-0.3, -0.25) is 9.59 Å². The van der Waals surface area contributed by atoms with E-state index in [1.165, 1.54) is 12.3 Å². The van der Waals surface area contributed by atoms with Crippen LogP contribution in [-0.2, 0) is 0 Å². The molecule has 20 heavy (non-hydrogen) atoms. The average Bonchev–Trinajstić information content (AvgIpc) is 2.38. The number of para-hydroxylation sites is 1. The minimum absolute atomic E-state index is 0.0765. The average molecular weight is 291 g/mol. The van der Waals surface area contributed by atoms with Gasteiger partial charge in [0.05, 0.1) is 5.38 Å². The number of aromatic amines is 1. The zero-order valence-corrected chi connectivity index (χ0v) is 12.0. The second kappa shape index (κ2) is 5.92. The molecule has 2 N–H and O–H groups in total. The highest BCUT2D eigenvalue weighted by molar-refractivity contribution is 6.21. The summed E-state index contributed by atoms with van der Waals surface area (Å²) in [6.07, 6.45) is 1.42. The number of aromatic nitrogens is 1. The van der Waals surface area contributed by atoms with E-state index in [2.05, 4.69) is 10.3 Å². The Labute approximate surface area is 121 Å². The molecule has 5 heteroatoms. The molecule has 0 saturated carbocycles. The Hall–Kier alpha value is -2.07. The molecule has 1 heterocycles. The fourth-order valence-electron chi connectivity index (χ4n) is 1.90. The molecule has 1 aromatic carbocycles. The predicted molar refractivity (Wildman–Crippen MR) is 80.5 cm³/mol. The van der Waals surface area contributed by atoms with Gasteiger partial charge in [0.1, 0.15) is 5.56 Å². The van der Waals surface area contributed by atoms with Gasteiger partial charge in [0.25, 0.3) is 5.91 Å². The maximum atomic E-state index is 12.1. The molecule has 4 nitrogen and oxygen atoms in total. The first-order chi connectivity index (χ1) is 9.49. The molecule has 0 spiro atoms. The first kappa shape index (κ1) is 14.3. The molecule has 0 fully saturated rings. The monoisotopic (exact) mass is 290 g/mol. The normalized spacial score (nSPS) is 11.9. The molecule has 2 rings (SSSR count). The summed E-state index contributed by atoms with van der Waals surface area (Å²) in [6.45, 7) is 3.58. The Morgan fingerprint density at radius 1 is 1.35 bits per heavy atom. The zero-order chi connectivity index (χ0) is 14.7. The fraction of sp³-hybridized carbons (Fsp3) is 0.200. The summed E-state index contributed by atoms with van der Waals surface area (Å²) >= 11 is 6.07. The number of hydrogen-bond acceptors (Lipinski definition) is 2. The molecule has 0 aliphatic carbocycles. The Morgan fingerprint density at radius 3 is 2.70 bits per heavy atom. The summed E-state index contributed by atoms with van der Waals surface area (Å²) < 4.78 is 0. The van der Waals surface area contributed by atoms with Crippen molar-refractivity contribution in [2.75, 3.05) is 5.32 Å². The van der Waals surface area contributed by atoms with Crippen molar-refractivity contribution < 1.29 is 4.79 Å². The Kier molecular flexibility index (Phi) is 4.25. The first-order valence-corrected chi connectivity index (χ1v) is 6.66. The van der Waals surface area contributed by atoms with Crippen LogP contribution in [0.25, 0.3) is 0 Å². The van der Waals surface area contributed by atoms with Gasteiger partial charge in [0.2, 0.25) is 0 Å². The maximum Gasteiger partial charge on any atom is 0.261 e.